The molecule has 4 heteroatoms. The quantitative estimate of drug-likeness (QED) is 0.828. The maximum absolute atomic E-state index is 12.2. The number of amides is 1. The van der Waals surface area contributed by atoms with Gasteiger partial charge in [0.15, 0.2) is 0 Å². The van der Waals surface area contributed by atoms with Crippen LogP contribution in [0.15, 0.2) is 42.5 Å². The molecule has 138 valence electrons. The van der Waals surface area contributed by atoms with E-state index in [4.69, 9.17) is 0 Å². The van der Waals surface area contributed by atoms with Crippen molar-refractivity contribution in [2.75, 3.05) is 35.2 Å². The van der Waals surface area contributed by atoms with Gasteiger partial charge in [-0.3, -0.25) is 4.79 Å². The lowest BCUT2D eigenvalue weighted by Crippen LogP contribution is -2.32. The lowest BCUT2D eigenvalue weighted by atomic mass is 9.99. The lowest BCUT2D eigenvalue weighted by Gasteiger charge is -2.32. The highest BCUT2D eigenvalue weighted by atomic mass is 16.1. The second-order valence-corrected chi connectivity index (χ2v) is 7.49. The molecule has 1 aliphatic heterocycles. The molecule has 0 atom stereocenters. The molecule has 1 amide bonds. The topological polar surface area (TPSA) is 44.4 Å². The summed E-state index contributed by atoms with van der Waals surface area (Å²) >= 11 is 0. The van der Waals surface area contributed by atoms with Crippen LogP contribution in [0.2, 0.25) is 0 Å². The van der Waals surface area contributed by atoms with Crippen molar-refractivity contribution in [3.8, 4) is 0 Å². The number of carbonyl (C=O) groups is 1. The van der Waals surface area contributed by atoms with Gasteiger partial charge in [0.25, 0.3) is 0 Å². The van der Waals surface area contributed by atoms with Crippen LogP contribution in [0, 0.1) is 19.8 Å². The summed E-state index contributed by atoms with van der Waals surface area (Å²) in [5, 5.41) is 6.15. The SMILES string of the molecule is Cc1cc(C)cc(NC(=O)CNc2ccc(N3CCC(C)CC3)cc2)c1. The summed E-state index contributed by atoms with van der Waals surface area (Å²) in [5.74, 6) is 0.798. The number of carbonyl (C=O) groups excluding carboxylic acids is 1. The summed E-state index contributed by atoms with van der Waals surface area (Å²) in [6, 6.07) is 14.5. The van der Waals surface area contributed by atoms with E-state index in [0.717, 1.165) is 41.5 Å². The fraction of sp³-hybridized carbons (Fsp3) is 0.409. The van der Waals surface area contributed by atoms with Gasteiger partial charge < -0.3 is 15.5 Å². The third-order valence-corrected chi connectivity index (χ3v) is 4.97. The molecule has 1 heterocycles. The number of aryl methyl sites for hydroxylation is 2. The molecule has 0 bridgehead atoms. The van der Waals surface area contributed by atoms with Crippen LogP contribution in [-0.4, -0.2) is 25.5 Å². The Kier molecular flexibility index (Phi) is 5.82. The van der Waals surface area contributed by atoms with E-state index < -0.39 is 0 Å². The first kappa shape index (κ1) is 18.3. The van der Waals surface area contributed by atoms with Gasteiger partial charge in [-0.15, -0.1) is 0 Å². The summed E-state index contributed by atoms with van der Waals surface area (Å²) in [6.45, 7) is 8.91. The zero-order valence-electron chi connectivity index (χ0n) is 16.0. The van der Waals surface area contributed by atoms with E-state index in [2.05, 4.69) is 52.8 Å². The summed E-state index contributed by atoms with van der Waals surface area (Å²) in [5.41, 5.74) is 5.38. The first-order valence-electron chi connectivity index (χ1n) is 9.46. The van der Waals surface area contributed by atoms with Gasteiger partial charge in [0.1, 0.15) is 0 Å². The highest BCUT2D eigenvalue weighted by Gasteiger charge is 2.15. The van der Waals surface area contributed by atoms with E-state index in [0.29, 0.717) is 0 Å². The molecule has 1 aliphatic rings. The largest absolute Gasteiger partial charge is 0.376 e. The molecule has 1 fully saturated rings. The van der Waals surface area contributed by atoms with E-state index in [1.165, 1.54) is 18.5 Å². The van der Waals surface area contributed by atoms with Gasteiger partial charge in [0.05, 0.1) is 6.54 Å². The molecule has 0 saturated carbocycles. The minimum Gasteiger partial charge on any atom is -0.376 e. The van der Waals surface area contributed by atoms with Crippen LogP contribution >= 0.6 is 0 Å². The van der Waals surface area contributed by atoms with Gasteiger partial charge in [-0.1, -0.05) is 13.0 Å². The molecule has 0 aliphatic carbocycles. The molecule has 1 saturated heterocycles. The van der Waals surface area contributed by atoms with Crippen LogP contribution in [0.5, 0.6) is 0 Å². The minimum absolute atomic E-state index is 0.0379. The predicted molar refractivity (Wildman–Crippen MR) is 110 cm³/mol. The monoisotopic (exact) mass is 351 g/mol. The standard InChI is InChI=1S/C22H29N3O/c1-16-8-10-25(11-9-16)21-6-4-19(5-7-21)23-15-22(26)24-20-13-17(2)12-18(3)14-20/h4-7,12-14,16,23H,8-11,15H2,1-3H3,(H,24,26). The molecule has 4 nitrogen and oxygen atoms in total. The van der Waals surface area contributed by atoms with Crippen molar-refractivity contribution in [3.05, 3.63) is 53.6 Å². The van der Waals surface area contributed by atoms with Crippen molar-refractivity contribution < 1.29 is 4.79 Å². The molecular weight excluding hydrogens is 322 g/mol. The van der Waals surface area contributed by atoms with E-state index in [1.807, 2.05) is 26.0 Å². The van der Waals surface area contributed by atoms with Crippen LogP contribution in [0.3, 0.4) is 0 Å². The third-order valence-electron chi connectivity index (χ3n) is 4.97. The molecule has 3 rings (SSSR count). The van der Waals surface area contributed by atoms with Crippen LogP contribution in [0.4, 0.5) is 17.1 Å². The maximum Gasteiger partial charge on any atom is 0.243 e. The van der Waals surface area contributed by atoms with Crippen molar-refractivity contribution in [1.82, 2.24) is 0 Å². The van der Waals surface area contributed by atoms with Crippen molar-refractivity contribution in [2.24, 2.45) is 5.92 Å². The molecule has 0 radical (unpaired) electrons. The molecule has 0 unspecified atom stereocenters. The van der Waals surface area contributed by atoms with Crippen molar-refractivity contribution in [3.63, 3.8) is 0 Å². The van der Waals surface area contributed by atoms with Gasteiger partial charge in [-0.25, -0.2) is 0 Å². The van der Waals surface area contributed by atoms with Crippen LogP contribution in [0.1, 0.15) is 30.9 Å². The van der Waals surface area contributed by atoms with E-state index in [1.54, 1.807) is 0 Å². The Morgan fingerprint density at radius 2 is 1.62 bits per heavy atom. The molecule has 26 heavy (non-hydrogen) atoms. The van der Waals surface area contributed by atoms with Gasteiger partial charge in [0.2, 0.25) is 5.91 Å². The Hall–Kier alpha value is -2.49. The Morgan fingerprint density at radius 3 is 2.23 bits per heavy atom. The van der Waals surface area contributed by atoms with E-state index >= 15 is 0 Å². The normalized spacial score (nSPS) is 15.0. The van der Waals surface area contributed by atoms with Crippen LogP contribution < -0.4 is 15.5 Å². The third kappa shape index (κ3) is 5.01. The molecule has 0 spiro atoms. The Morgan fingerprint density at radius 1 is 1.00 bits per heavy atom. The van der Waals surface area contributed by atoms with Crippen molar-refractivity contribution >= 4 is 23.0 Å². The summed E-state index contributed by atoms with van der Waals surface area (Å²) in [6.07, 6.45) is 2.53. The number of hydrogen-bond acceptors (Lipinski definition) is 3. The van der Waals surface area contributed by atoms with Gasteiger partial charge >= 0.3 is 0 Å². The average Bonchev–Trinajstić information content (AvgIpc) is 2.60. The Bertz CT molecular complexity index is 726. The molecule has 2 aromatic rings. The second-order valence-electron chi connectivity index (χ2n) is 7.49. The summed E-state index contributed by atoms with van der Waals surface area (Å²) in [4.78, 5) is 14.6. The number of benzene rings is 2. The predicted octanol–water partition coefficient (Wildman–Crippen LogP) is 4.59. The highest BCUT2D eigenvalue weighted by molar-refractivity contribution is 5.93. The maximum atomic E-state index is 12.2. The molecule has 2 aromatic carbocycles. The smallest absolute Gasteiger partial charge is 0.243 e. The molecule has 2 N–H and O–H groups in total. The van der Waals surface area contributed by atoms with Crippen LogP contribution in [-0.2, 0) is 4.79 Å². The fourth-order valence-corrected chi connectivity index (χ4v) is 3.49. The second kappa shape index (κ2) is 8.26. The first-order valence-corrected chi connectivity index (χ1v) is 9.46. The zero-order chi connectivity index (χ0) is 18.5. The molecule has 0 aromatic heterocycles. The minimum atomic E-state index is -0.0379. The molecular formula is C22H29N3O. The number of nitrogens with one attached hydrogen (secondary N) is 2. The van der Waals surface area contributed by atoms with E-state index in [-0.39, 0.29) is 12.5 Å². The fourth-order valence-electron chi connectivity index (χ4n) is 3.49. The van der Waals surface area contributed by atoms with Crippen molar-refractivity contribution in [2.45, 2.75) is 33.6 Å². The summed E-state index contributed by atoms with van der Waals surface area (Å²) in [7, 11) is 0. The number of anilines is 3. The number of piperidine rings is 1. The number of rotatable bonds is 5. The van der Waals surface area contributed by atoms with Gasteiger partial charge in [0, 0.05) is 30.2 Å². The van der Waals surface area contributed by atoms with Gasteiger partial charge in [-0.2, -0.15) is 0 Å². The summed E-state index contributed by atoms with van der Waals surface area (Å²) < 4.78 is 0. The number of nitrogens with zero attached hydrogens (tertiary/aromatic N) is 1. The average molecular weight is 351 g/mol. The van der Waals surface area contributed by atoms with Crippen molar-refractivity contribution in [1.29, 1.82) is 0 Å². The van der Waals surface area contributed by atoms with E-state index in [9.17, 15) is 4.79 Å². The number of hydrogen-bond donors (Lipinski definition) is 2. The van der Waals surface area contributed by atoms with Gasteiger partial charge in [-0.05, 0) is 80.1 Å². The lowest BCUT2D eigenvalue weighted by molar-refractivity contribution is -0.114. The Balaban J connectivity index is 1.50. The Labute approximate surface area is 156 Å². The zero-order valence-corrected chi connectivity index (χ0v) is 16.0. The highest BCUT2D eigenvalue weighted by Crippen LogP contribution is 2.24. The van der Waals surface area contributed by atoms with Crippen LogP contribution in [0.25, 0.3) is 0 Å². The first-order chi connectivity index (χ1) is 12.5.